The third-order valence-corrected chi connectivity index (χ3v) is 3.18. The third-order valence-electron chi connectivity index (χ3n) is 3.18. The second kappa shape index (κ2) is 4.86. The Bertz CT molecular complexity index is 871. The first-order valence-electron chi connectivity index (χ1n) is 6.26. The summed E-state index contributed by atoms with van der Waals surface area (Å²) in [6, 6.07) is 5.22. The largest absolute Gasteiger partial charge is 0.481 e. The van der Waals surface area contributed by atoms with Gasteiger partial charge in [-0.15, -0.1) is 0 Å². The monoisotopic (exact) mass is 283 g/mol. The van der Waals surface area contributed by atoms with Crippen molar-refractivity contribution in [1.29, 1.82) is 0 Å². The average molecular weight is 283 g/mol. The highest BCUT2D eigenvalue weighted by Crippen LogP contribution is 2.21. The van der Waals surface area contributed by atoms with Gasteiger partial charge in [0.2, 0.25) is 11.8 Å². The lowest BCUT2D eigenvalue weighted by Gasteiger charge is -2.06. The highest BCUT2D eigenvalue weighted by molar-refractivity contribution is 5.83. The van der Waals surface area contributed by atoms with E-state index in [1.54, 1.807) is 24.4 Å². The first-order chi connectivity index (χ1) is 10.1. The summed E-state index contributed by atoms with van der Waals surface area (Å²) in [5.41, 5.74) is 7.65. The second-order valence-electron chi connectivity index (χ2n) is 4.53. The number of nitrogen functional groups attached to an aromatic ring is 1. The van der Waals surface area contributed by atoms with Crippen molar-refractivity contribution in [3.05, 3.63) is 40.4 Å². The Labute approximate surface area is 119 Å². The van der Waals surface area contributed by atoms with Crippen LogP contribution in [0, 0.1) is 6.92 Å². The van der Waals surface area contributed by atoms with Crippen LogP contribution in [0.2, 0.25) is 0 Å². The van der Waals surface area contributed by atoms with E-state index in [4.69, 9.17) is 10.5 Å². The first-order valence-corrected chi connectivity index (χ1v) is 6.26. The van der Waals surface area contributed by atoms with E-state index in [1.165, 1.54) is 7.11 Å². The molecule has 3 rings (SSSR count). The first kappa shape index (κ1) is 13.0. The molecule has 0 spiro atoms. The SMILES string of the molecule is COc1ccc(-c2cc3c(C)nc(N)nc3[nH]c2=O)cn1. The van der Waals surface area contributed by atoms with Crippen molar-refractivity contribution >= 4 is 17.0 Å². The lowest BCUT2D eigenvalue weighted by Crippen LogP contribution is -2.11. The van der Waals surface area contributed by atoms with Crippen LogP contribution in [0.1, 0.15) is 5.69 Å². The number of hydrogen-bond donors (Lipinski definition) is 2. The molecular weight excluding hydrogens is 270 g/mol. The number of aromatic nitrogens is 4. The molecule has 3 heterocycles. The maximum atomic E-state index is 12.2. The summed E-state index contributed by atoms with van der Waals surface area (Å²) in [4.78, 5) is 27.2. The number of nitrogens with one attached hydrogen (secondary N) is 1. The zero-order valence-electron chi connectivity index (χ0n) is 11.5. The number of nitrogens with zero attached hydrogens (tertiary/aromatic N) is 3. The van der Waals surface area contributed by atoms with Gasteiger partial charge in [-0.25, -0.2) is 9.97 Å². The van der Waals surface area contributed by atoms with Crippen LogP contribution in [0.25, 0.3) is 22.2 Å². The van der Waals surface area contributed by atoms with Gasteiger partial charge in [-0.1, -0.05) is 0 Å². The average Bonchev–Trinajstić information content (AvgIpc) is 2.46. The van der Waals surface area contributed by atoms with Crippen LogP contribution < -0.4 is 16.0 Å². The number of ether oxygens (including phenoxy) is 1. The minimum absolute atomic E-state index is 0.134. The topological polar surface area (TPSA) is 107 Å². The molecule has 0 bridgehead atoms. The molecule has 3 aromatic rings. The van der Waals surface area contributed by atoms with Gasteiger partial charge >= 0.3 is 0 Å². The van der Waals surface area contributed by atoms with Gasteiger partial charge in [0.1, 0.15) is 5.65 Å². The van der Waals surface area contributed by atoms with Crippen LogP contribution in [0.4, 0.5) is 5.95 Å². The van der Waals surface area contributed by atoms with E-state index in [1.807, 2.05) is 6.92 Å². The predicted octanol–water partition coefficient (Wildman–Crippen LogP) is 1.28. The number of anilines is 1. The number of fused-ring (bicyclic) bond motifs is 1. The molecule has 3 N–H and O–H groups in total. The highest BCUT2D eigenvalue weighted by Gasteiger charge is 2.10. The van der Waals surface area contributed by atoms with Gasteiger partial charge in [0, 0.05) is 28.8 Å². The molecular formula is C14H13N5O2. The minimum Gasteiger partial charge on any atom is -0.481 e. The minimum atomic E-state index is -0.257. The van der Waals surface area contributed by atoms with E-state index in [-0.39, 0.29) is 11.5 Å². The fourth-order valence-corrected chi connectivity index (χ4v) is 2.13. The Morgan fingerprint density at radius 3 is 2.76 bits per heavy atom. The molecule has 0 unspecified atom stereocenters. The third kappa shape index (κ3) is 2.29. The molecule has 0 radical (unpaired) electrons. The van der Waals surface area contributed by atoms with Crippen molar-refractivity contribution in [1.82, 2.24) is 19.9 Å². The summed E-state index contributed by atoms with van der Waals surface area (Å²) in [6.07, 6.45) is 1.59. The molecule has 106 valence electrons. The predicted molar refractivity (Wildman–Crippen MR) is 79.1 cm³/mol. The number of nitrogens with two attached hydrogens (primary N) is 1. The van der Waals surface area contributed by atoms with Crippen LogP contribution in [0.15, 0.2) is 29.2 Å². The quantitative estimate of drug-likeness (QED) is 0.733. The Hall–Kier alpha value is -2.96. The summed E-state index contributed by atoms with van der Waals surface area (Å²) in [7, 11) is 1.54. The van der Waals surface area contributed by atoms with Gasteiger partial charge in [-0.05, 0) is 19.1 Å². The van der Waals surface area contributed by atoms with E-state index < -0.39 is 0 Å². The number of aromatic amines is 1. The normalized spacial score (nSPS) is 10.8. The van der Waals surface area contributed by atoms with E-state index >= 15 is 0 Å². The Balaban J connectivity index is 2.22. The summed E-state index contributed by atoms with van der Waals surface area (Å²) < 4.78 is 5.01. The highest BCUT2D eigenvalue weighted by atomic mass is 16.5. The van der Waals surface area contributed by atoms with E-state index in [9.17, 15) is 4.79 Å². The van der Waals surface area contributed by atoms with Gasteiger partial charge in [0.15, 0.2) is 0 Å². The van der Waals surface area contributed by atoms with Gasteiger partial charge < -0.3 is 15.5 Å². The number of hydrogen-bond acceptors (Lipinski definition) is 6. The summed E-state index contributed by atoms with van der Waals surface area (Å²) >= 11 is 0. The van der Waals surface area contributed by atoms with Crippen LogP contribution in [0.3, 0.4) is 0 Å². The maximum Gasteiger partial charge on any atom is 0.257 e. The van der Waals surface area contributed by atoms with Crippen LogP contribution in [0.5, 0.6) is 5.88 Å². The number of rotatable bonds is 2. The molecule has 0 aliphatic rings. The van der Waals surface area contributed by atoms with Gasteiger partial charge in [0.05, 0.1) is 12.8 Å². The lowest BCUT2D eigenvalue weighted by molar-refractivity contribution is 0.398. The van der Waals surface area contributed by atoms with Crippen LogP contribution in [-0.4, -0.2) is 27.0 Å². The molecule has 0 aliphatic heterocycles. The Morgan fingerprint density at radius 2 is 2.10 bits per heavy atom. The molecule has 7 nitrogen and oxygen atoms in total. The second-order valence-corrected chi connectivity index (χ2v) is 4.53. The summed E-state index contributed by atoms with van der Waals surface area (Å²) in [5.74, 6) is 0.623. The van der Waals surface area contributed by atoms with E-state index in [2.05, 4.69) is 19.9 Å². The molecule has 0 aliphatic carbocycles. The van der Waals surface area contributed by atoms with Gasteiger partial charge in [-0.3, -0.25) is 4.79 Å². The van der Waals surface area contributed by atoms with Crippen molar-refractivity contribution in [3.63, 3.8) is 0 Å². The number of aryl methyl sites for hydroxylation is 1. The molecule has 21 heavy (non-hydrogen) atoms. The molecule has 3 aromatic heterocycles. The molecule has 0 fully saturated rings. The standard InChI is InChI=1S/C14H13N5O2/c1-7-9-5-10(8-3-4-11(21-2)16-6-8)13(20)18-12(9)19-14(15)17-7/h3-6H,1-2H3,(H3,15,17,18,19,20). The fraction of sp³-hybridized carbons (Fsp3) is 0.143. The molecule has 7 heteroatoms. The fourth-order valence-electron chi connectivity index (χ4n) is 2.13. The zero-order chi connectivity index (χ0) is 15.0. The van der Waals surface area contributed by atoms with E-state index in [0.717, 1.165) is 5.39 Å². The zero-order valence-corrected chi connectivity index (χ0v) is 11.5. The smallest absolute Gasteiger partial charge is 0.257 e. The Kier molecular flexibility index (Phi) is 3.02. The molecule has 0 saturated heterocycles. The van der Waals surface area contributed by atoms with Crippen molar-refractivity contribution in [2.45, 2.75) is 6.92 Å². The van der Waals surface area contributed by atoms with Gasteiger partial charge in [0.25, 0.3) is 5.56 Å². The van der Waals surface area contributed by atoms with Crippen LogP contribution in [-0.2, 0) is 0 Å². The van der Waals surface area contributed by atoms with Crippen LogP contribution >= 0.6 is 0 Å². The number of pyridine rings is 2. The van der Waals surface area contributed by atoms with E-state index in [0.29, 0.717) is 28.3 Å². The van der Waals surface area contributed by atoms with Crippen molar-refractivity contribution in [2.24, 2.45) is 0 Å². The molecule has 0 amide bonds. The van der Waals surface area contributed by atoms with Crippen molar-refractivity contribution in [2.75, 3.05) is 12.8 Å². The van der Waals surface area contributed by atoms with Gasteiger partial charge in [-0.2, -0.15) is 4.98 Å². The summed E-state index contributed by atoms with van der Waals surface area (Å²) in [6.45, 7) is 1.81. The molecule has 0 aromatic carbocycles. The molecule has 0 atom stereocenters. The molecule has 0 saturated carbocycles. The number of methoxy groups -OCH3 is 1. The van der Waals surface area contributed by atoms with Crippen molar-refractivity contribution < 1.29 is 4.74 Å². The summed E-state index contributed by atoms with van der Waals surface area (Å²) in [5, 5.41) is 0.745. The number of H-pyrrole nitrogens is 1. The maximum absolute atomic E-state index is 12.2. The Morgan fingerprint density at radius 1 is 1.29 bits per heavy atom. The van der Waals surface area contributed by atoms with Crippen molar-refractivity contribution in [3.8, 4) is 17.0 Å². The lowest BCUT2D eigenvalue weighted by atomic mass is 10.1.